The molecule has 0 bridgehead atoms. The van der Waals surface area contributed by atoms with E-state index in [4.69, 9.17) is 0 Å². The zero-order valence-electron chi connectivity index (χ0n) is 11.4. The molecule has 0 aromatic heterocycles. The van der Waals surface area contributed by atoms with Crippen LogP contribution in [0.3, 0.4) is 0 Å². The lowest BCUT2D eigenvalue weighted by Gasteiger charge is -2.21. The Kier molecular flexibility index (Phi) is 5.63. The van der Waals surface area contributed by atoms with Gasteiger partial charge in [0.25, 0.3) is 0 Å². The fourth-order valence-electron chi connectivity index (χ4n) is 2.13. The zero-order chi connectivity index (χ0) is 13.7. The summed E-state index contributed by atoms with van der Waals surface area (Å²) in [6.07, 6.45) is 0.698. The van der Waals surface area contributed by atoms with Crippen molar-refractivity contribution >= 4 is 0 Å². The highest BCUT2D eigenvalue weighted by Crippen LogP contribution is 2.26. The van der Waals surface area contributed by atoms with Gasteiger partial charge in [-0.3, -0.25) is 0 Å². The number of benzene rings is 1. The molecule has 3 atom stereocenters. The summed E-state index contributed by atoms with van der Waals surface area (Å²) < 4.78 is 0. The average molecular weight is 252 g/mol. The van der Waals surface area contributed by atoms with Crippen LogP contribution in [0.25, 0.3) is 0 Å². The monoisotopic (exact) mass is 252 g/mol. The molecule has 3 heteroatoms. The number of phenols is 1. The summed E-state index contributed by atoms with van der Waals surface area (Å²) in [4.78, 5) is 0. The Balaban J connectivity index is 2.64. The normalized spacial score (nSPS) is 16.3. The summed E-state index contributed by atoms with van der Waals surface area (Å²) in [5.41, 5.74) is 1.91. The lowest BCUT2D eigenvalue weighted by molar-refractivity contribution is 0.00637. The van der Waals surface area contributed by atoms with Gasteiger partial charge < -0.3 is 15.3 Å². The van der Waals surface area contributed by atoms with Crippen LogP contribution < -0.4 is 0 Å². The van der Waals surface area contributed by atoms with Crippen molar-refractivity contribution in [1.29, 1.82) is 0 Å². The Morgan fingerprint density at radius 1 is 1.17 bits per heavy atom. The maximum absolute atomic E-state index is 9.91. The maximum atomic E-state index is 9.91. The molecular weight excluding hydrogens is 228 g/mol. The molecule has 0 radical (unpaired) electrons. The van der Waals surface area contributed by atoms with E-state index in [1.54, 1.807) is 6.07 Å². The number of aliphatic hydroxyl groups excluding tert-OH is 2. The number of hydrogen-bond donors (Lipinski definition) is 3. The molecule has 3 unspecified atom stereocenters. The number of hydrogen-bond acceptors (Lipinski definition) is 3. The van der Waals surface area contributed by atoms with Crippen molar-refractivity contribution in [2.24, 2.45) is 0 Å². The van der Waals surface area contributed by atoms with E-state index in [0.29, 0.717) is 12.8 Å². The van der Waals surface area contributed by atoms with Crippen LogP contribution in [0.5, 0.6) is 5.75 Å². The predicted molar refractivity (Wildman–Crippen MR) is 72.8 cm³/mol. The van der Waals surface area contributed by atoms with Gasteiger partial charge in [-0.1, -0.05) is 32.4 Å². The van der Waals surface area contributed by atoms with Gasteiger partial charge in [0.05, 0.1) is 12.2 Å². The van der Waals surface area contributed by atoms with Gasteiger partial charge in [-0.2, -0.15) is 0 Å². The third-order valence-electron chi connectivity index (χ3n) is 3.41. The van der Waals surface area contributed by atoms with Crippen LogP contribution in [-0.4, -0.2) is 27.5 Å². The molecule has 18 heavy (non-hydrogen) atoms. The average Bonchev–Trinajstić information content (AvgIpc) is 2.32. The molecular formula is C15H24O3. The third-order valence-corrected chi connectivity index (χ3v) is 3.41. The summed E-state index contributed by atoms with van der Waals surface area (Å²) in [5, 5.41) is 29.1. The minimum atomic E-state index is -0.686. The second-order valence-electron chi connectivity index (χ2n) is 5.11. The van der Waals surface area contributed by atoms with Gasteiger partial charge in [-0.05, 0) is 42.9 Å². The van der Waals surface area contributed by atoms with Gasteiger partial charge in [0.1, 0.15) is 5.75 Å². The van der Waals surface area contributed by atoms with Crippen LogP contribution >= 0.6 is 0 Å². The lowest BCUT2D eigenvalue weighted by atomic mass is 9.91. The van der Waals surface area contributed by atoms with Crippen molar-refractivity contribution in [2.45, 2.75) is 58.2 Å². The predicted octanol–water partition coefficient (Wildman–Crippen LogP) is 2.72. The summed E-state index contributed by atoms with van der Waals surface area (Å²) in [5.74, 6) is 0.448. The van der Waals surface area contributed by atoms with Crippen LogP contribution in [0.1, 0.15) is 50.2 Å². The minimum absolute atomic E-state index is 0.158. The summed E-state index contributed by atoms with van der Waals surface area (Å²) in [7, 11) is 0. The van der Waals surface area contributed by atoms with E-state index < -0.39 is 12.2 Å². The number of rotatable bonds is 6. The molecule has 0 aliphatic carbocycles. The summed E-state index contributed by atoms with van der Waals surface area (Å²) >= 11 is 0. The molecule has 0 saturated heterocycles. The Labute approximate surface area is 109 Å². The third kappa shape index (κ3) is 4.00. The van der Waals surface area contributed by atoms with Crippen LogP contribution in [-0.2, 0) is 0 Å². The number of aryl methyl sites for hydroxylation is 1. The standard InChI is InChI=1S/C15H24O3/c1-4-5-14(17)15(18)9-10(2)12-6-7-13(16)11(3)8-12/h6-8,10,14-18H,4-5,9H2,1-3H3. The number of phenolic OH excluding ortho intramolecular Hbond substituents is 1. The molecule has 3 nitrogen and oxygen atoms in total. The second kappa shape index (κ2) is 6.76. The highest BCUT2D eigenvalue weighted by atomic mass is 16.3. The Hall–Kier alpha value is -1.06. The SMILES string of the molecule is CCCC(O)C(O)CC(C)c1ccc(O)c(C)c1. The van der Waals surface area contributed by atoms with Gasteiger partial charge in [0.2, 0.25) is 0 Å². The first kappa shape index (κ1) is 15.0. The van der Waals surface area contributed by atoms with E-state index in [0.717, 1.165) is 17.5 Å². The Bertz CT molecular complexity index is 376. The van der Waals surface area contributed by atoms with E-state index in [1.807, 2.05) is 32.9 Å². The lowest BCUT2D eigenvalue weighted by Crippen LogP contribution is -2.27. The van der Waals surface area contributed by atoms with Crippen LogP contribution in [0.2, 0.25) is 0 Å². The molecule has 0 fully saturated rings. The van der Waals surface area contributed by atoms with Crippen LogP contribution in [0.4, 0.5) is 0 Å². The highest BCUT2D eigenvalue weighted by Gasteiger charge is 2.19. The van der Waals surface area contributed by atoms with Crippen molar-refractivity contribution < 1.29 is 15.3 Å². The topological polar surface area (TPSA) is 60.7 Å². The van der Waals surface area contributed by atoms with Gasteiger partial charge >= 0.3 is 0 Å². The van der Waals surface area contributed by atoms with Crippen molar-refractivity contribution in [1.82, 2.24) is 0 Å². The molecule has 0 heterocycles. The van der Waals surface area contributed by atoms with E-state index in [9.17, 15) is 15.3 Å². The number of aliphatic hydroxyl groups is 2. The van der Waals surface area contributed by atoms with Crippen LogP contribution in [0.15, 0.2) is 18.2 Å². The van der Waals surface area contributed by atoms with Gasteiger partial charge in [0, 0.05) is 0 Å². The maximum Gasteiger partial charge on any atom is 0.118 e. The first-order valence-corrected chi connectivity index (χ1v) is 6.61. The largest absolute Gasteiger partial charge is 0.508 e. The molecule has 0 amide bonds. The minimum Gasteiger partial charge on any atom is -0.508 e. The van der Waals surface area contributed by atoms with E-state index in [-0.39, 0.29) is 11.7 Å². The summed E-state index contributed by atoms with van der Waals surface area (Å²) in [6, 6.07) is 5.47. The quantitative estimate of drug-likeness (QED) is 0.729. The molecule has 0 saturated carbocycles. The fourth-order valence-corrected chi connectivity index (χ4v) is 2.13. The van der Waals surface area contributed by atoms with E-state index in [1.165, 1.54) is 0 Å². The first-order chi connectivity index (χ1) is 8.45. The molecule has 0 aliphatic heterocycles. The highest BCUT2D eigenvalue weighted by molar-refractivity contribution is 5.36. The van der Waals surface area contributed by atoms with Gasteiger partial charge in [-0.25, -0.2) is 0 Å². The Morgan fingerprint density at radius 3 is 2.39 bits per heavy atom. The Morgan fingerprint density at radius 2 is 1.83 bits per heavy atom. The summed E-state index contributed by atoms with van der Waals surface area (Å²) in [6.45, 7) is 5.87. The number of aromatic hydroxyl groups is 1. The fraction of sp³-hybridized carbons (Fsp3) is 0.600. The van der Waals surface area contributed by atoms with Crippen molar-refractivity contribution in [3.05, 3.63) is 29.3 Å². The van der Waals surface area contributed by atoms with E-state index in [2.05, 4.69) is 0 Å². The molecule has 3 N–H and O–H groups in total. The zero-order valence-corrected chi connectivity index (χ0v) is 11.4. The van der Waals surface area contributed by atoms with Gasteiger partial charge in [0.15, 0.2) is 0 Å². The van der Waals surface area contributed by atoms with E-state index >= 15 is 0 Å². The molecule has 102 valence electrons. The smallest absolute Gasteiger partial charge is 0.118 e. The molecule has 1 aromatic carbocycles. The first-order valence-electron chi connectivity index (χ1n) is 6.61. The molecule has 0 spiro atoms. The van der Waals surface area contributed by atoms with Crippen LogP contribution in [0, 0.1) is 6.92 Å². The molecule has 1 rings (SSSR count). The van der Waals surface area contributed by atoms with Crippen molar-refractivity contribution in [2.75, 3.05) is 0 Å². The van der Waals surface area contributed by atoms with Gasteiger partial charge in [-0.15, -0.1) is 0 Å². The second-order valence-corrected chi connectivity index (χ2v) is 5.11. The van der Waals surface area contributed by atoms with Crippen molar-refractivity contribution in [3.8, 4) is 5.75 Å². The van der Waals surface area contributed by atoms with Crippen molar-refractivity contribution in [3.63, 3.8) is 0 Å². The molecule has 0 aliphatic rings. The molecule has 1 aromatic rings.